The number of hydrogen-bond acceptors (Lipinski definition) is 5. The highest BCUT2D eigenvalue weighted by Crippen LogP contribution is 2.45. The average molecular weight is 360 g/mol. The van der Waals surface area contributed by atoms with Crippen molar-refractivity contribution in [2.45, 2.75) is 45.1 Å². The highest BCUT2D eigenvalue weighted by atomic mass is 35.5. The third kappa shape index (κ3) is 2.95. The largest absolute Gasteiger partial charge is 0.337 e. The summed E-state index contributed by atoms with van der Waals surface area (Å²) >= 11 is 5.87. The summed E-state index contributed by atoms with van der Waals surface area (Å²) in [5.74, 6) is 0.458. The molecule has 0 unspecified atom stereocenters. The van der Waals surface area contributed by atoms with Crippen molar-refractivity contribution in [2.24, 2.45) is 5.41 Å². The Morgan fingerprint density at radius 2 is 1.84 bits per heavy atom. The summed E-state index contributed by atoms with van der Waals surface area (Å²) in [5.41, 5.74) is 0.274. The molecule has 1 spiro atoms. The summed E-state index contributed by atoms with van der Waals surface area (Å²) in [7, 11) is 0. The Hall–Kier alpha value is -2.21. The number of imide groups is 1. The molecule has 0 atom stereocenters. The van der Waals surface area contributed by atoms with E-state index in [9.17, 15) is 9.59 Å². The van der Waals surface area contributed by atoms with E-state index in [4.69, 9.17) is 16.1 Å². The van der Waals surface area contributed by atoms with Gasteiger partial charge in [-0.3, -0.25) is 14.5 Å². The van der Waals surface area contributed by atoms with Crippen molar-refractivity contribution >= 4 is 23.4 Å². The second-order valence-electron chi connectivity index (χ2n) is 6.82. The minimum atomic E-state index is -0.492. The predicted octanol–water partition coefficient (Wildman–Crippen LogP) is 3.60. The summed E-state index contributed by atoms with van der Waals surface area (Å²) in [6.07, 6.45) is 5.06. The second kappa shape index (κ2) is 6.26. The van der Waals surface area contributed by atoms with Gasteiger partial charge in [0.05, 0.1) is 5.41 Å². The number of halogens is 1. The van der Waals surface area contributed by atoms with Crippen molar-refractivity contribution in [3.05, 3.63) is 35.2 Å². The van der Waals surface area contributed by atoms with Crippen LogP contribution in [0.4, 0.5) is 0 Å². The molecule has 1 aromatic heterocycles. The average Bonchev–Trinajstić information content (AvgIpc) is 3.16. The van der Waals surface area contributed by atoms with Gasteiger partial charge in [0.25, 0.3) is 0 Å². The molecule has 2 heterocycles. The van der Waals surface area contributed by atoms with Crippen LogP contribution in [0.2, 0.25) is 5.02 Å². The van der Waals surface area contributed by atoms with E-state index in [2.05, 4.69) is 10.1 Å². The Kier molecular flexibility index (Phi) is 4.07. The zero-order valence-electron chi connectivity index (χ0n) is 13.7. The van der Waals surface area contributed by atoms with Gasteiger partial charge >= 0.3 is 0 Å². The van der Waals surface area contributed by atoms with Crippen molar-refractivity contribution in [1.29, 1.82) is 0 Å². The molecule has 1 aromatic carbocycles. The smallest absolute Gasteiger partial charge is 0.247 e. The van der Waals surface area contributed by atoms with E-state index in [0.29, 0.717) is 17.3 Å². The fraction of sp³-hybridized carbons (Fsp3) is 0.444. The monoisotopic (exact) mass is 359 g/mol. The number of hydrogen-bond donors (Lipinski definition) is 0. The van der Waals surface area contributed by atoms with Crippen LogP contribution >= 0.6 is 11.6 Å². The van der Waals surface area contributed by atoms with Gasteiger partial charge in [0.15, 0.2) is 0 Å². The van der Waals surface area contributed by atoms with Crippen molar-refractivity contribution in [3.63, 3.8) is 0 Å². The molecule has 0 radical (unpaired) electrons. The zero-order valence-corrected chi connectivity index (χ0v) is 14.5. The number of amides is 2. The van der Waals surface area contributed by atoms with Gasteiger partial charge < -0.3 is 4.52 Å². The highest BCUT2D eigenvalue weighted by Gasteiger charge is 2.51. The van der Waals surface area contributed by atoms with Gasteiger partial charge in [0.2, 0.25) is 23.5 Å². The van der Waals surface area contributed by atoms with Crippen LogP contribution in [0.3, 0.4) is 0 Å². The number of benzene rings is 1. The molecule has 25 heavy (non-hydrogen) atoms. The van der Waals surface area contributed by atoms with E-state index in [1.807, 2.05) is 0 Å². The summed E-state index contributed by atoms with van der Waals surface area (Å²) in [6, 6.07) is 7.07. The summed E-state index contributed by atoms with van der Waals surface area (Å²) in [6.45, 7) is 0.0417. The van der Waals surface area contributed by atoms with Crippen molar-refractivity contribution in [1.82, 2.24) is 15.0 Å². The van der Waals surface area contributed by atoms with Crippen LogP contribution in [0.5, 0.6) is 0 Å². The molecule has 0 N–H and O–H groups in total. The first-order chi connectivity index (χ1) is 12.1. The van der Waals surface area contributed by atoms with Crippen LogP contribution in [-0.4, -0.2) is 26.9 Å². The summed E-state index contributed by atoms with van der Waals surface area (Å²) in [4.78, 5) is 30.8. The Morgan fingerprint density at radius 1 is 1.12 bits per heavy atom. The van der Waals surface area contributed by atoms with Crippen LogP contribution in [0.15, 0.2) is 28.8 Å². The maximum absolute atomic E-state index is 12.8. The van der Waals surface area contributed by atoms with Crippen LogP contribution in [0.1, 0.15) is 44.4 Å². The first kappa shape index (κ1) is 16.3. The number of likely N-dealkylation sites (tertiary alicyclic amines) is 1. The molecule has 2 fully saturated rings. The maximum Gasteiger partial charge on any atom is 0.247 e. The number of aromatic nitrogens is 2. The minimum Gasteiger partial charge on any atom is -0.337 e. The molecule has 0 bridgehead atoms. The van der Waals surface area contributed by atoms with Gasteiger partial charge in [0.1, 0.15) is 6.54 Å². The molecule has 2 aliphatic rings. The Bertz CT molecular complexity index is 809. The Morgan fingerprint density at radius 3 is 2.56 bits per heavy atom. The first-order valence-corrected chi connectivity index (χ1v) is 8.89. The lowest BCUT2D eigenvalue weighted by atomic mass is 9.73. The Balaban J connectivity index is 1.51. The summed E-state index contributed by atoms with van der Waals surface area (Å²) < 4.78 is 5.24. The third-order valence-corrected chi connectivity index (χ3v) is 5.42. The van der Waals surface area contributed by atoms with Crippen LogP contribution in [-0.2, 0) is 16.1 Å². The molecule has 6 nitrogen and oxygen atoms in total. The Labute approximate surface area is 150 Å². The lowest BCUT2D eigenvalue weighted by molar-refractivity contribution is -0.143. The predicted molar refractivity (Wildman–Crippen MR) is 90.4 cm³/mol. The van der Waals surface area contributed by atoms with Gasteiger partial charge in [0, 0.05) is 17.0 Å². The zero-order chi connectivity index (χ0) is 17.4. The molecule has 7 heteroatoms. The second-order valence-corrected chi connectivity index (χ2v) is 7.26. The number of carbonyl (C=O) groups is 2. The van der Waals surface area contributed by atoms with Gasteiger partial charge in [-0.2, -0.15) is 4.98 Å². The first-order valence-electron chi connectivity index (χ1n) is 8.51. The summed E-state index contributed by atoms with van der Waals surface area (Å²) in [5, 5.41) is 4.56. The van der Waals surface area contributed by atoms with Crippen LogP contribution < -0.4 is 0 Å². The van der Waals surface area contributed by atoms with Crippen molar-refractivity contribution in [3.8, 4) is 11.4 Å². The van der Waals surface area contributed by atoms with Crippen LogP contribution in [0, 0.1) is 5.41 Å². The number of rotatable bonds is 3. The maximum atomic E-state index is 12.8. The lowest BCUT2D eigenvalue weighted by Gasteiger charge is -2.30. The minimum absolute atomic E-state index is 0.0417. The molecule has 2 aromatic rings. The normalized spacial score (nSPS) is 19.8. The fourth-order valence-electron chi connectivity index (χ4n) is 3.81. The van der Waals surface area contributed by atoms with E-state index in [0.717, 1.165) is 37.7 Å². The quantitative estimate of drug-likeness (QED) is 0.782. The molecule has 1 saturated heterocycles. The third-order valence-electron chi connectivity index (χ3n) is 5.16. The topological polar surface area (TPSA) is 76.3 Å². The van der Waals surface area contributed by atoms with Gasteiger partial charge in [-0.1, -0.05) is 36.0 Å². The van der Waals surface area contributed by atoms with E-state index in [-0.39, 0.29) is 24.2 Å². The molecule has 4 rings (SSSR count). The molecular formula is C18H18ClN3O3. The van der Waals surface area contributed by atoms with Crippen molar-refractivity contribution < 1.29 is 14.1 Å². The molecule has 1 aliphatic heterocycles. The van der Waals surface area contributed by atoms with Crippen molar-refractivity contribution in [2.75, 3.05) is 0 Å². The van der Waals surface area contributed by atoms with Gasteiger partial charge in [-0.25, -0.2) is 0 Å². The molecule has 1 saturated carbocycles. The fourth-order valence-corrected chi connectivity index (χ4v) is 3.94. The number of carbonyl (C=O) groups excluding carboxylic acids is 2. The van der Waals surface area contributed by atoms with E-state index in [1.165, 1.54) is 4.90 Å². The van der Waals surface area contributed by atoms with E-state index >= 15 is 0 Å². The van der Waals surface area contributed by atoms with Crippen LogP contribution in [0.25, 0.3) is 11.4 Å². The standard InChI is InChI=1S/C18H18ClN3O3/c19-13-6-4-12(5-7-13)16-20-14(25-21-16)11-22-15(23)10-18(17(22)24)8-2-1-3-9-18/h4-7H,1-3,8-11H2. The lowest BCUT2D eigenvalue weighted by Crippen LogP contribution is -2.36. The van der Waals surface area contributed by atoms with Gasteiger partial charge in [-0.15, -0.1) is 0 Å². The molecule has 130 valence electrons. The highest BCUT2D eigenvalue weighted by molar-refractivity contribution is 6.30. The van der Waals surface area contributed by atoms with E-state index < -0.39 is 5.41 Å². The SMILES string of the molecule is O=C1CC2(CCCCC2)C(=O)N1Cc1nc(-c2ccc(Cl)cc2)no1. The molecule has 1 aliphatic carbocycles. The number of nitrogens with zero attached hydrogens (tertiary/aromatic N) is 3. The van der Waals surface area contributed by atoms with Gasteiger partial charge in [-0.05, 0) is 37.1 Å². The molecular weight excluding hydrogens is 342 g/mol. The van der Waals surface area contributed by atoms with E-state index in [1.54, 1.807) is 24.3 Å². The molecule has 2 amide bonds.